The van der Waals surface area contributed by atoms with Gasteiger partial charge < -0.3 is 10.6 Å². The van der Waals surface area contributed by atoms with E-state index in [1.165, 1.54) is 0 Å². The van der Waals surface area contributed by atoms with Gasteiger partial charge in [0.05, 0.1) is 6.04 Å². The number of rotatable bonds is 1. The zero-order valence-corrected chi connectivity index (χ0v) is 7.61. The van der Waals surface area contributed by atoms with E-state index in [4.69, 9.17) is 0 Å². The van der Waals surface area contributed by atoms with Crippen molar-refractivity contribution < 1.29 is 4.79 Å². The van der Waals surface area contributed by atoms with Crippen molar-refractivity contribution in [3.63, 3.8) is 0 Å². The molecule has 0 saturated carbocycles. The molecule has 0 aromatic carbocycles. The molecule has 0 aliphatic carbocycles. The van der Waals surface area contributed by atoms with Gasteiger partial charge in [-0.05, 0) is 18.4 Å². The Balaban J connectivity index is 2.55. The summed E-state index contributed by atoms with van der Waals surface area (Å²) in [6, 6.07) is -0.0687. The van der Waals surface area contributed by atoms with E-state index in [1.807, 2.05) is 0 Å². The molecular weight excluding hydrogens is 164 g/mol. The van der Waals surface area contributed by atoms with Crippen LogP contribution in [0.25, 0.3) is 0 Å². The predicted molar refractivity (Wildman–Crippen MR) is 51.7 cm³/mol. The second-order valence-corrected chi connectivity index (χ2v) is 2.79. The number of hydrogen-bond acceptors (Lipinski definition) is 2. The first kappa shape index (κ1) is 9.40. The average molecular weight is 176 g/mol. The Labute approximate surface area is 77.9 Å². The minimum absolute atomic E-state index is 0.0687. The lowest BCUT2D eigenvalue weighted by Crippen LogP contribution is -2.36. The molecule has 68 valence electrons. The Bertz CT molecular complexity index is 320. The average Bonchev–Trinajstić information content (AvgIpc) is 2.37. The molecule has 3 heteroatoms. The first-order chi connectivity index (χ1) is 6.15. The van der Waals surface area contributed by atoms with E-state index in [1.54, 1.807) is 6.92 Å². The number of carbonyl (C=O) groups is 1. The van der Waals surface area contributed by atoms with Crippen molar-refractivity contribution in [1.29, 1.82) is 0 Å². The summed E-state index contributed by atoms with van der Waals surface area (Å²) in [5, 5.41) is 5.73. The lowest BCUT2D eigenvalue weighted by atomic mass is 10.1. The fourth-order valence-electron chi connectivity index (χ4n) is 1.12. The second-order valence-electron chi connectivity index (χ2n) is 2.79. The Kier molecular flexibility index (Phi) is 2.76. The van der Waals surface area contributed by atoms with Gasteiger partial charge in [-0.2, -0.15) is 0 Å². The molecule has 0 aromatic rings. The van der Waals surface area contributed by atoms with Gasteiger partial charge >= 0.3 is 0 Å². The highest BCUT2D eigenvalue weighted by atomic mass is 16.1. The highest BCUT2D eigenvalue weighted by Gasteiger charge is 2.22. The molecule has 1 aliphatic heterocycles. The van der Waals surface area contributed by atoms with Gasteiger partial charge in [0.25, 0.3) is 5.91 Å². The van der Waals surface area contributed by atoms with Crippen molar-refractivity contribution in [3.05, 3.63) is 24.4 Å². The van der Waals surface area contributed by atoms with Gasteiger partial charge in [0.15, 0.2) is 0 Å². The van der Waals surface area contributed by atoms with E-state index < -0.39 is 0 Å². The summed E-state index contributed by atoms with van der Waals surface area (Å²) in [6.45, 7) is 9.82. The zero-order chi connectivity index (χ0) is 9.84. The quantitative estimate of drug-likeness (QED) is 0.559. The summed E-state index contributed by atoms with van der Waals surface area (Å²) in [4.78, 5) is 11.1. The summed E-state index contributed by atoms with van der Waals surface area (Å²) in [6.07, 6.45) is 0. The first-order valence-electron chi connectivity index (χ1n) is 4.00. The van der Waals surface area contributed by atoms with Gasteiger partial charge in [-0.3, -0.25) is 4.79 Å². The van der Waals surface area contributed by atoms with Crippen LogP contribution in [0, 0.1) is 11.8 Å². The Morgan fingerprint density at radius 3 is 2.85 bits per heavy atom. The second kappa shape index (κ2) is 3.81. The SMILES string of the molecule is C=C1NC[C@@H](NC(=O)C#CC)C1=C. The van der Waals surface area contributed by atoms with E-state index in [0.29, 0.717) is 6.54 Å². The van der Waals surface area contributed by atoms with Crippen LogP contribution in [0.2, 0.25) is 0 Å². The summed E-state index contributed by atoms with van der Waals surface area (Å²) in [7, 11) is 0. The normalized spacial score (nSPS) is 20.2. The van der Waals surface area contributed by atoms with Crippen LogP contribution >= 0.6 is 0 Å². The topological polar surface area (TPSA) is 41.1 Å². The summed E-state index contributed by atoms with van der Waals surface area (Å²) in [5.74, 6) is 4.67. The highest BCUT2D eigenvalue weighted by molar-refractivity contribution is 5.93. The van der Waals surface area contributed by atoms with Crippen molar-refractivity contribution in [2.75, 3.05) is 6.54 Å². The largest absolute Gasteiger partial charge is 0.383 e. The van der Waals surface area contributed by atoms with Crippen molar-refractivity contribution >= 4 is 5.91 Å². The predicted octanol–water partition coefficient (Wildman–Crippen LogP) is 0.168. The molecule has 1 amide bonds. The van der Waals surface area contributed by atoms with Gasteiger partial charge in [0.2, 0.25) is 0 Å². The summed E-state index contributed by atoms with van der Waals surface area (Å²) < 4.78 is 0. The molecule has 0 radical (unpaired) electrons. The van der Waals surface area contributed by atoms with E-state index in [2.05, 4.69) is 35.6 Å². The molecule has 0 bridgehead atoms. The zero-order valence-electron chi connectivity index (χ0n) is 7.61. The number of hydrogen-bond donors (Lipinski definition) is 2. The van der Waals surface area contributed by atoms with Gasteiger partial charge in [0.1, 0.15) is 0 Å². The highest BCUT2D eigenvalue weighted by Crippen LogP contribution is 2.13. The third-order valence-corrected chi connectivity index (χ3v) is 1.87. The van der Waals surface area contributed by atoms with Gasteiger partial charge in [-0.25, -0.2) is 0 Å². The van der Waals surface area contributed by atoms with Crippen molar-refractivity contribution in [3.8, 4) is 11.8 Å². The summed E-state index contributed by atoms with van der Waals surface area (Å²) >= 11 is 0. The summed E-state index contributed by atoms with van der Waals surface area (Å²) in [5.41, 5.74) is 1.61. The van der Waals surface area contributed by atoms with Crippen molar-refractivity contribution in [2.45, 2.75) is 13.0 Å². The van der Waals surface area contributed by atoms with Crippen LogP contribution in [0.15, 0.2) is 24.4 Å². The maximum atomic E-state index is 11.1. The number of nitrogens with one attached hydrogen (secondary N) is 2. The standard InChI is InChI=1S/C10H12N2O/c1-4-5-10(13)12-9-6-11-8(3)7(9)2/h9,11H,2-3,6H2,1H3,(H,12,13)/t9-/m1/s1. The van der Waals surface area contributed by atoms with Crippen molar-refractivity contribution in [2.24, 2.45) is 0 Å². The van der Waals surface area contributed by atoms with Crippen LogP contribution < -0.4 is 10.6 Å². The Hall–Kier alpha value is -1.69. The molecule has 1 heterocycles. The first-order valence-corrected chi connectivity index (χ1v) is 4.00. The van der Waals surface area contributed by atoms with Crippen molar-refractivity contribution in [1.82, 2.24) is 10.6 Å². The fourth-order valence-corrected chi connectivity index (χ4v) is 1.12. The third-order valence-electron chi connectivity index (χ3n) is 1.87. The maximum absolute atomic E-state index is 11.1. The van der Waals surface area contributed by atoms with Crippen LogP contribution in [-0.2, 0) is 4.79 Å². The molecule has 1 rings (SSSR count). The molecule has 1 atom stereocenters. The number of amides is 1. The van der Waals surface area contributed by atoms with Crippen LogP contribution in [0.3, 0.4) is 0 Å². The number of carbonyl (C=O) groups excluding carboxylic acids is 1. The van der Waals surface area contributed by atoms with Crippen LogP contribution in [0.4, 0.5) is 0 Å². The molecule has 0 aromatic heterocycles. The minimum atomic E-state index is -0.273. The molecule has 0 spiro atoms. The minimum Gasteiger partial charge on any atom is -0.383 e. The Morgan fingerprint density at radius 1 is 1.69 bits per heavy atom. The van der Waals surface area contributed by atoms with Crippen LogP contribution in [0.5, 0.6) is 0 Å². The van der Waals surface area contributed by atoms with E-state index in [-0.39, 0.29) is 11.9 Å². The smallest absolute Gasteiger partial charge is 0.296 e. The molecule has 1 saturated heterocycles. The molecule has 1 aliphatic rings. The molecule has 0 unspecified atom stereocenters. The van der Waals surface area contributed by atoms with Crippen LogP contribution in [0.1, 0.15) is 6.92 Å². The fraction of sp³-hybridized carbons (Fsp3) is 0.300. The maximum Gasteiger partial charge on any atom is 0.296 e. The molecular formula is C10H12N2O. The lowest BCUT2D eigenvalue weighted by Gasteiger charge is -2.08. The van der Waals surface area contributed by atoms with Gasteiger partial charge in [0, 0.05) is 12.2 Å². The molecule has 1 fully saturated rings. The Morgan fingerprint density at radius 2 is 2.38 bits per heavy atom. The molecule has 3 nitrogen and oxygen atoms in total. The van der Waals surface area contributed by atoms with E-state index in [0.717, 1.165) is 11.3 Å². The monoisotopic (exact) mass is 176 g/mol. The molecule has 2 N–H and O–H groups in total. The van der Waals surface area contributed by atoms with Gasteiger partial charge in [-0.1, -0.05) is 19.1 Å². The lowest BCUT2D eigenvalue weighted by molar-refractivity contribution is -0.116. The van der Waals surface area contributed by atoms with E-state index >= 15 is 0 Å². The van der Waals surface area contributed by atoms with Crippen LogP contribution in [-0.4, -0.2) is 18.5 Å². The molecule has 13 heavy (non-hydrogen) atoms. The van der Waals surface area contributed by atoms with Gasteiger partial charge in [-0.15, -0.1) is 0 Å². The van der Waals surface area contributed by atoms with E-state index in [9.17, 15) is 4.79 Å². The third kappa shape index (κ3) is 2.12.